The number of likely N-dealkylation sites (N-methyl/N-ethyl adjacent to an activating group) is 1. The van der Waals surface area contributed by atoms with Crippen molar-refractivity contribution in [3.63, 3.8) is 0 Å². The Hall–Kier alpha value is -3.44. The van der Waals surface area contributed by atoms with E-state index in [-0.39, 0.29) is 18.4 Å². The first-order valence-corrected chi connectivity index (χ1v) is 10.3. The van der Waals surface area contributed by atoms with Crippen LogP contribution >= 0.6 is 0 Å². The Morgan fingerprint density at radius 2 is 1.48 bits per heavy atom. The number of rotatable bonds is 7. The van der Waals surface area contributed by atoms with Crippen LogP contribution in [0.4, 0.5) is 11.4 Å². The standard InChI is InChI=1S/C26H29N3O2/c1-18-11-14-22(15-12-18)27-26(31)25(21-8-6-5-7-9-21)29(4)17-24(30)28-23-16-19(2)10-13-20(23)3/h5-16,25H,17H2,1-4H3,(H,27,31)(H,28,30)/t25-/m1/s1. The summed E-state index contributed by atoms with van der Waals surface area (Å²) in [6.45, 7) is 6.03. The third-order valence-corrected chi connectivity index (χ3v) is 5.18. The number of nitrogens with zero attached hydrogens (tertiary/aromatic N) is 1. The molecule has 5 nitrogen and oxygen atoms in total. The zero-order valence-corrected chi connectivity index (χ0v) is 18.5. The van der Waals surface area contributed by atoms with E-state index in [0.717, 1.165) is 33.6 Å². The number of carbonyl (C=O) groups is 2. The van der Waals surface area contributed by atoms with Gasteiger partial charge in [0.1, 0.15) is 6.04 Å². The van der Waals surface area contributed by atoms with Crippen LogP contribution in [0.15, 0.2) is 72.8 Å². The Bertz CT molecular complexity index is 1050. The molecule has 3 aromatic rings. The van der Waals surface area contributed by atoms with Crippen LogP contribution in [-0.4, -0.2) is 30.3 Å². The van der Waals surface area contributed by atoms with Crippen molar-refractivity contribution in [1.82, 2.24) is 4.90 Å². The van der Waals surface area contributed by atoms with Crippen LogP contribution in [0.3, 0.4) is 0 Å². The molecule has 0 bridgehead atoms. The normalized spacial score (nSPS) is 11.8. The predicted molar refractivity (Wildman–Crippen MR) is 126 cm³/mol. The van der Waals surface area contributed by atoms with Crippen LogP contribution in [0.2, 0.25) is 0 Å². The molecule has 2 N–H and O–H groups in total. The van der Waals surface area contributed by atoms with Gasteiger partial charge in [0, 0.05) is 11.4 Å². The van der Waals surface area contributed by atoms with Gasteiger partial charge in [-0.1, -0.05) is 60.2 Å². The van der Waals surface area contributed by atoms with Crippen LogP contribution in [0.5, 0.6) is 0 Å². The molecule has 0 radical (unpaired) electrons. The molecule has 0 aromatic heterocycles. The third kappa shape index (κ3) is 6.03. The number of carbonyl (C=O) groups excluding carboxylic acids is 2. The van der Waals surface area contributed by atoms with Gasteiger partial charge in [-0.05, 0) is 62.7 Å². The van der Waals surface area contributed by atoms with Gasteiger partial charge >= 0.3 is 0 Å². The first-order valence-electron chi connectivity index (χ1n) is 10.3. The number of benzene rings is 3. The third-order valence-electron chi connectivity index (χ3n) is 5.18. The van der Waals surface area contributed by atoms with Crippen molar-refractivity contribution >= 4 is 23.2 Å². The zero-order chi connectivity index (χ0) is 22.4. The van der Waals surface area contributed by atoms with Crippen LogP contribution in [-0.2, 0) is 9.59 Å². The lowest BCUT2D eigenvalue weighted by Gasteiger charge is -2.27. The maximum absolute atomic E-state index is 13.2. The molecule has 2 amide bonds. The van der Waals surface area contributed by atoms with E-state index in [9.17, 15) is 9.59 Å². The number of anilines is 2. The fourth-order valence-corrected chi connectivity index (χ4v) is 3.47. The lowest BCUT2D eigenvalue weighted by Crippen LogP contribution is -2.39. The van der Waals surface area contributed by atoms with Crippen molar-refractivity contribution in [2.45, 2.75) is 26.8 Å². The van der Waals surface area contributed by atoms with Crippen LogP contribution in [0, 0.1) is 20.8 Å². The molecule has 0 heterocycles. The number of nitrogens with one attached hydrogen (secondary N) is 2. The number of hydrogen-bond acceptors (Lipinski definition) is 3. The van der Waals surface area contributed by atoms with Gasteiger partial charge in [0.25, 0.3) is 0 Å². The first kappa shape index (κ1) is 22.2. The average Bonchev–Trinajstić information content (AvgIpc) is 2.73. The summed E-state index contributed by atoms with van der Waals surface area (Å²) in [6.07, 6.45) is 0. The summed E-state index contributed by atoms with van der Waals surface area (Å²) in [4.78, 5) is 27.7. The minimum Gasteiger partial charge on any atom is -0.325 e. The number of hydrogen-bond donors (Lipinski definition) is 2. The molecule has 0 aliphatic carbocycles. The summed E-state index contributed by atoms with van der Waals surface area (Å²) < 4.78 is 0. The highest BCUT2D eigenvalue weighted by molar-refractivity contribution is 5.97. The van der Waals surface area contributed by atoms with E-state index in [4.69, 9.17) is 0 Å². The van der Waals surface area contributed by atoms with Gasteiger partial charge in [0.15, 0.2) is 0 Å². The summed E-state index contributed by atoms with van der Waals surface area (Å²) >= 11 is 0. The lowest BCUT2D eigenvalue weighted by molar-refractivity contribution is -0.123. The summed E-state index contributed by atoms with van der Waals surface area (Å²) in [5, 5.41) is 5.95. The van der Waals surface area contributed by atoms with Crippen molar-refractivity contribution in [2.75, 3.05) is 24.2 Å². The minimum atomic E-state index is -0.605. The van der Waals surface area contributed by atoms with Gasteiger partial charge in [0.2, 0.25) is 11.8 Å². The van der Waals surface area contributed by atoms with Crippen molar-refractivity contribution in [2.24, 2.45) is 0 Å². The molecule has 31 heavy (non-hydrogen) atoms. The van der Waals surface area contributed by atoms with Crippen LogP contribution in [0.25, 0.3) is 0 Å². The fraction of sp³-hybridized carbons (Fsp3) is 0.231. The van der Waals surface area contributed by atoms with E-state index in [2.05, 4.69) is 10.6 Å². The van der Waals surface area contributed by atoms with Gasteiger partial charge in [-0.3, -0.25) is 14.5 Å². The summed E-state index contributed by atoms with van der Waals surface area (Å²) in [7, 11) is 1.79. The summed E-state index contributed by atoms with van der Waals surface area (Å²) in [5.41, 5.74) is 5.54. The fourth-order valence-electron chi connectivity index (χ4n) is 3.47. The SMILES string of the molecule is Cc1ccc(NC(=O)[C@@H](c2ccccc2)N(C)CC(=O)Nc2cc(C)ccc2C)cc1. The second kappa shape index (κ2) is 10.0. The van der Waals surface area contributed by atoms with Gasteiger partial charge in [-0.15, -0.1) is 0 Å². The lowest BCUT2D eigenvalue weighted by atomic mass is 10.0. The predicted octanol–water partition coefficient (Wildman–Crippen LogP) is 4.86. The Labute approximate surface area is 184 Å². The molecule has 0 aliphatic heterocycles. The molecule has 160 valence electrons. The van der Waals surface area contributed by atoms with E-state index in [1.807, 2.05) is 93.6 Å². The maximum Gasteiger partial charge on any atom is 0.246 e. The van der Waals surface area contributed by atoms with E-state index in [1.54, 1.807) is 11.9 Å². The highest BCUT2D eigenvalue weighted by atomic mass is 16.2. The maximum atomic E-state index is 13.2. The Balaban J connectivity index is 1.76. The van der Waals surface area contributed by atoms with Crippen molar-refractivity contribution in [1.29, 1.82) is 0 Å². The zero-order valence-electron chi connectivity index (χ0n) is 18.5. The molecule has 1 atom stereocenters. The molecule has 3 rings (SSSR count). The molecule has 0 saturated carbocycles. The molecule has 0 fully saturated rings. The Morgan fingerprint density at radius 1 is 0.839 bits per heavy atom. The molecular weight excluding hydrogens is 386 g/mol. The van der Waals surface area contributed by atoms with E-state index < -0.39 is 6.04 Å². The minimum absolute atomic E-state index is 0.0776. The first-order chi connectivity index (χ1) is 14.8. The highest BCUT2D eigenvalue weighted by Crippen LogP contribution is 2.22. The monoisotopic (exact) mass is 415 g/mol. The van der Waals surface area contributed by atoms with Gasteiger partial charge in [-0.25, -0.2) is 0 Å². The Kier molecular flexibility index (Phi) is 7.21. The van der Waals surface area contributed by atoms with Gasteiger partial charge in [0.05, 0.1) is 6.54 Å². The average molecular weight is 416 g/mol. The number of amides is 2. The number of aryl methyl sites for hydroxylation is 3. The van der Waals surface area contributed by atoms with Crippen molar-refractivity contribution in [3.05, 3.63) is 95.1 Å². The molecule has 5 heteroatoms. The topological polar surface area (TPSA) is 61.4 Å². The molecule has 0 spiro atoms. The van der Waals surface area contributed by atoms with Crippen molar-refractivity contribution < 1.29 is 9.59 Å². The van der Waals surface area contributed by atoms with Crippen LogP contribution < -0.4 is 10.6 Å². The largest absolute Gasteiger partial charge is 0.325 e. The quantitative estimate of drug-likeness (QED) is 0.579. The van der Waals surface area contributed by atoms with Gasteiger partial charge < -0.3 is 10.6 Å². The second-order valence-corrected chi connectivity index (χ2v) is 7.95. The summed E-state index contributed by atoms with van der Waals surface area (Å²) in [5.74, 6) is -0.350. The Morgan fingerprint density at radius 3 is 2.16 bits per heavy atom. The highest BCUT2D eigenvalue weighted by Gasteiger charge is 2.26. The molecular formula is C26H29N3O2. The van der Waals surface area contributed by atoms with Crippen LogP contribution in [0.1, 0.15) is 28.3 Å². The summed E-state index contributed by atoms with van der Waals surface area (Å²) in [6, 6.07) is 22.5. The van der Waals surface area contributed by atoms with Gasteiger partial charge in [-0.2, -0.15) is 0 Å². The van der Waals surface area contributed by atoms with E-state index in [1.165, 1.54) is 0 Å². The molecule has 3 aromatic carbocycles. The molecule has 0 unspecified atom stereocenters. The molecule has 0 saturated heterocycles. The smallest absolute Gasteiger partial charge is 0.246 e. The molecule has 0 aliphatic rings. The second-order valence-electron chi connectivity index (χ2n) is 7.95. The van der Waals surface area contributed by atoms with E-state index in [0.29, 0.717) is 0 Å². The van der Waals surface area contributed by atoms with E-state index >= 15 is 0 Å². The van der Waals surface area contributed by atoms with Crippen molar-refractivity contribution in [3.8, 4) is 0 Å².